The second kappa shape index (κ2) is 34.5. The molecule has 0 aromatic carbocycles. The number of carbonyl (C=O) groups is 1. The molecule has 0 amide bonds. The fourth-order valence-electron chi connectivity index (χ4n) is 4.77. The van der Waals surface area contributed by atoms with E-state index < -0.39 is 0 Å². The van der Waals surface area contributed by atoms with Crippen LogP contribution in [0.4, 0.5) is 0 Å². The van der Waals surface area contributed by atoms with E-state index in [9.17, 15) is 4.79 Å². The third-order valence-electron chi connectivity index (χ3n) is 7.46. The quantitative estimate of drug-likeness (QED) is 0.0566. The number of rotatable bonds is 34. The molecule has 40 heavy (non-hydrogen) atoms. The van der Waals surface area contributed by atoms with Crippen LogP contribution in [-0.4, -0.2) is 65.4 Å². The predicted molar refractivity (Wildman–Crippen MR) is 167 cm³/mol. The number of hydrogen-bond acceptors (Lipinski definition) is 6. The molecule has 0 rings (SSSR count). The van der Waals surface area contributed by atoms with Gasteiger partial charge in [0.05, 0.1) is 52.2 Å². The molecular formula is C34H68O6. The maximum atomic E-state index is 12.0. The molecule has 0 spiro atoms. The Morgan fingerprint density at radius 3 is 1.18 bits per heavy atom. The van der Waals surface area contributed by atoms with E-state index in [0.717, 1.165) is 38.7 Å². The van der Waals surface area contributed by atoms with E-state index in [0.29, 0.717) is 52.9 Å². The SMILES string of the molecule is CCCCCCCCCCCCCCCCCCOCCOCCOCCOCCOC(=O)C(CC)CCCC. The standard InChI is InChI=1S/C34H68O6/c1-4-7-9-10-11-12-13-14-15-16-17-18-19-20-21-22-24-36-25-26-37-27-28-38-29-30-39-31-32-40-34(35)33(6-3)23-8-5-2/h33H,4-32H2,1-3H3. The Bertz CT molecular complexity index is 487. The highest BCUT2D eigenvalue weighted by atomic mass is 16.6. The van der Waals surface area contributed by atoms with Crippen LogP contribution in [-0.2, 0) is 28.5 Å². The van der Waals surface area contributed by atoms with Gasteiger partial charge in [-0.05, 0) is 19.3 Å². The Balaban J connectivity index is 3.15. The van der Waals surface area contributed by atoms with Gasteiger partial charge in [0.15, 0.2) is 0 Å². The number of carbonyl (C=O) groups excluding carboxylic acids is 1. The van der Waals surface area contributed by atoms with Crippen LogP contribution in [0.1, 0.15) is 149 Å². The van der Waals surface area contributed by atoms with Crippen molar-refractivity contribution in [2.24, 2.45) is 5.92 Å². The zero-order valence-electron chi connectivity index (χ0n) is 27.0. The van der Waals surface area contributed by atoms with Gasteiger partial charge in [-0.3, -0.25) is 4.79 Å². The van der Waals surface area contributed by atoms with Crippen LogP contribution in [0.2, 0.25) is 0 Å². The van der Waals surface area contributed by atoms with Crippen molar-refractivity contribution in [1.29, 1.82) is 0 Å². The monoisotopic (exact) mass is 573 g/mol. The number of esters is 1. The van der Waals surface area contributed by atoms with Crippen molar-refractivity contribution in [2.45, 2.75) is 149 Å². The van der Waals surface area contributed by atoms with Crippen molar-refractivity contribution in [3.8, 4) is 0 Å². The van der Waals surface area contributed by atoms with Gasteiger partial charge in [-0.15, -0.1) is 0 Å². The highest BCUT2D eigenvalue weighted by molar-refractivity contribution is 5.72. The molecular weight excluding hydrogens is 504 g/mol. The minimum atomic E-state index is -0.0954. The van der Waals surface area contributed by atoms with Gasteiger partial charge in [0, 0.05) is 6.61 Å². The van der Waals surface area contributed by atoms with Gasteiger partial charge in [0.25, 0.3) is 0 Å². The Morgan fingerprint density at radius 2 is 0.775 bits per heavy atom. The molecule has 0 aromatic rings. The van der Waals surface area contributed by atoms with E-state index in [4.69, 9.17) is 23.7 Å². The van der Waals surface area contributed by atoms with Gasteiger partial charge in [0.1, 0.15) is 6.61 Å². The zero-order chi connectivity index (χ0) is 29.2. The van der Waals surface area contributed by atoms with Crippen LogP contribution in [0.25, 0.3) is 0 Å². The van der Waals surface area contributed by atoms with Crippen molar-refractivity contribution in [1.82, 2.24) is 0 Å². The Morgan fingerprint density at radius 1 is 0.425 bits per heavy atom. The summed E-state index contributed by atoms with van der Waals surface area (Å²) in [6, 6.07) is 0. The fraction of sp³-hybridized carbons (Fsp3) is 0.971. The van der Waals surface area contributed by atoms with Gasteiger partial charge in [0.2, 0.25) is 0 Å². The van der Waals surface area contributed by atoms with Crippen molar-refractivity contribution >= 4 is 5.97 Å². The molecule has 6 nitrogen and oxygen atoms in total. The van der Waals surface area contributed by atoms with Crippen LogP contribution in [0.5, 0.6) is 0 Å². The summed E-state index contributed by atoms with van der Waals surface area (Å²) >= 11 is 0. The van der Waals surface area contributed by atoms with Crippen molar-refractivity contribution in [3.63, 3.8) is 0 Å². The molecule has 0 N–H and O–H groups in total. The lowest BCUT2D eigenvalue weighted by Crippen LogP contribution is -2.20. The van der Waals surface area contributed by atoms with Crippen LogP contribution in [0.3, 0.4) is 0 Å². The Hall–Kier alpha value is -0.690. The minimum Gasteiger partial charge on any atom is -0.463 e. The van der Waals surface area contributed by atoms with Gasteiger partial charge >= 0.3 is 5.97 Å². The van der Waals surface area contributed by atoms with Gasteiger partial charge < -0.3 is 23.7 Å². The molecule has 0 saturated carbocycles. The number of ether oxygens (including phenoxy) is 5. The summed E-state index contributed by atoms with van der Waals surface area (Å²) in [6.07, 6.45) is 26.2. The molecule has 0 bridgehead atoms. The molecule has 0 aliphatic heterocycles. The zero-order valence-corrected chi connectivity index (χ0v) is 27.0. The van der Waals surface area contributed by atoms with E-state index in [1.54, 1.807) is 0 Å². The van der Waals surface area contributed by atoms with Gasteiger partial charge in [-0.2, -0.15) is 0 Å². The molecule has 0 aliphatic rings. The number of unbranched alkanes of at least 4 members (excludes halogenated alkanes) is 16. The summed E-state index contributed by atoms with van der Waals surface area (Å²) in [7, 11) is 0. The molecule has 0 aromatic heterocycles. The highest BCUT2D eigenvalue weighted by Crippen LogP contribution is 2.15. The largest absolute Gasteiger partial charge is 0.463 e. The van der Waals surface area contributed by atoms with Crippen molar-refractivity contribution in [2.75, 3.05) is 59.5 Å². The summed E-state index contributed by atoms with van der Waals surface area (Å²) in [5, 5.41) is 0. The molecule has 0 fully saturated rings. The van der Waals surface area contributed by atoms with E-state index in [2.05, 4.69) is 13.8 Å². The molecule has 240 valence electrons. The third-order valence-corrected chi connectivity index (χ3v) is 7.46. The summed E-state index contributed by atoms with van der Waals surface area (Å²) in [4.78, 5) is 12.0. The maximum absolute atomic E-state index is 12.0. The highest BCUT2D eigenvalue weighted by Gasteiger charge is 2.16. The molecule has 6 heteroatoms. The average molecular weight is 573 g/mol. The molecule has 1 atom stereocenters. The summed E-state index contributed by atoms with van der Waals surface area (Å²) in [5.41, 5.74) is 0. The number of hydrogen-bond donors (Lipinski definition) is 0. The topological polar surface area (TPSA) is 63.2 Å². The fourth-order valence-corrected chi connectivity index (χ4v) is 4.77. The average Bonchev–Trinajstić information content (AvgIpc) is 2.96. The molecule has 0 heterocycles. The smallest absolute Gasteiger partial charge is 0.308 e. The Labute approximate surface area is 249 Å². The second-order valence-electron chi connectivity index (χ2n) is 11.2. The van der Waals surface area contributed by atoms with Crippen LogP contribution < -0.4 is 0 Å². The van der Waals surface area contributed by atoms with Crippen LogP contribution in [0.15, 0.2) is 0 Å². The van der Waals surface area contributed by atoms with Crippen molar-refractivity contribution in [3.05, 3.63) is 0 Å². The predicted octanol–water partition coefficient (Wildman–Crippen LogP) is 9.07. The van der Waals surface area contributed by atoms with E-state index in [1.807, 2.05) is 6.92 Å². The lowest BCUT2D eigenvalue weighted by molar-refractivity contribution is -0.150. The van der Waals surface area contributed by atoms with Crippen LogP contribution >= 0.6 is 0 Å². The van der Waals surface area contributed by atoms with E-state index in [1.165, 1.54) is 96.3 Å². The first kappa shape index (κ1) is 39.3. The normalized spacial score (nSPS) is 12.2. The summed E-state index contributed by atoms with van der Waals surface area (Å²) in [5.74, 6) is -0.0746. The summed E-state index contributed by atoms with van der Waals surface area (Å²) in [6.45, 7) is 11.4. The first-order valence-corrected chi connectivity index (χ1v) is 17.2. The van der Waals surface area contributed by atoms with Gasteiger partial charge in [-0.1, -0.05) is 130 Å². The van der Waals surface area contributed by atoms with Gasteiger partial charge in [-0.25, -0.2) is 0 Å². The molecule has 1 unspecified atom stereocenters. The lowest BCUT2D eigenvalue weighted by atomic mass is 10.00. The second-order valence-corrected chi connectivity index (χ2v) is 11.2. The molecule has 0 aliphatic carbocycles. The minimum absolute atomic E-state index is 0.0208. The maximum Gasteiger partial charge on any atom is 0.308 e. The third kappa shape index (κ3) is 30.3. The first-order chi connectivity index (χ1) is 19.8. The van der Waals surface area contributed by atoms with E-state index >= 15 is 0 Å². The summed E-state index contributed by atoms with van der Waals surface area (Å²) < 4.78 is 27.5. The first-order valence-electron chi connectivity index (χ1n) is 17.2. The van der Waals surface area contributed by atoms with Crippen molar-refractivity contribution < 1.29 is 28.5 Å². The van der Waals surface area contributed by atoms with Crippen LogP contribution in [0, 0.1) is 5.92 Å². The van der Waals surface area contributed by atoms with E-state index in [-0.39, 0.29) is 11.9 Å². The lowest BCUT2D eigenvalue weighted by Gasteiger charge is -2.13. The Kier molecular flexibility index (Phi) is 33.9. The molecule has 0 radical (unpaired) electrons. The molecule has 0 saturated heterocycles.